The van der Waals surface area contributed by atoms with Crippen molar-refractivity contribution in [2.24, 2.45) is 0 Å². The van der Waals surface area contributed by atoms with Crippen molar-refractivity contribution in [3.63, 3.8) is 0 Å². The third-order valence-corrected chi connectivity index (χ3v) is 6.93. The molecule has 3 rings (SSSR count). The fourth-order valence-corrected chi connectivity index (χ4v) is 4.67. The highest BCUT2D eigenvalue weighted by atomic mass is 16.5. The summed E-state index contributed by atoms with van der Waals surface area (Å²) in [5, 5.41) is 0. The van der Waals surface area contributed by atoms with Crippen LogP contribution < -0.4 is 9.47 Å². The van der Waals surface area contributed by atoms with Crippen LogP contribution in [0.3, 0.4) is 0 Å². The molecular weight excluding hydrogens is 468 g/mol. The monoisotopic (exact) mass is 516 g/mol. The van der Waals surface area contributed by atoms with Crippen LogP contribution in [0.5, 0.6) is 11.5 Å². The molecule has 0 aliphatic rings. The minimum Gasteiger partial charge on any atom is -0.494 e. The lowest BCUT2D eigenvalue weighted by atomic mass is 10.1. The second-order valence-electron chi connectivity index (χ2n) is 10.2. The molecule has 1 aromatic heterocycles. The van der Waals surface area contributed by atoms with E-state index in [4.69, 9.17) is 14.5 Å². The summed E-state index contributed by atoms with van der Waals surface area (Å²) in [5.74, 6) is 2.46. The lowest BCUT2D eigenvalue weighted by molar-refractivity contribution is 0.304. The molecule has 206 valence electrons. The Balaban J connectivity index is 1.53. The Hall–Kier alpha value is -2.88. The molecule has 0 N–H and O–H groups in total. The van der Waals surface area contributed by atoms with Gasteiger partial charge in [0.1, 0.15) is 11.5 Å². The molecule has 0 saturated carbocycles. The molecule has 4 nitrogen and oxygen atoms in total. The van der Waals surface area contributed by atoms with Gasteiger partial charge in [-0.2, -0.15) is 0 Å². The van der Waals surface area contributed by atoms with Crippen LogP contribution >= 0.6 is 0 Å². The van der Waals surface area contributed by atoms with Crippen molar-refractivity contribution >= 4 is 0 Å². The SMILES string of the molecule is CCCCCCCCCCOc1cccc(-c2nccc(-c3ccccc3OCCCCCCCC)n2)c1. The number of aromatic nitrogens is 2. The van der Waals surface area contributed by atoms with Gasteiger partial charge in [-0.1, -0.05) is 115 Å². The molecule has 0 bridgehead atoms. The van der Waals surface area contributed by atoms with Gasteiger partial charge in [0, 0.05) is 17.3 Å². The number of ether oxygens (including phenoxy) is 2. The molecule has 0 amide bonds. The summed E-state index contributed by atoms with van der Waals surface area (Å²) in [6, 6.07) is 18.3. The number of unbranched alkanes of at least 4 members (excludes halogenated alkanes) is 12. The molecule has 0 atom stereocenters. The number of benzene rings is 2. The van der Waals surface area contributed by atoms with Crippen LogP contribution in [0.25, 0.3) is 22.6 Å². The number of nitrogens with zero attached hydrogens (tertiary/aromatic N) is 2. The third-order valence-electron chi connectivity index (χ3n) is 6.93. The van der Waals surface area contributed by atoms with Crippen molar-refractivity contribution < 1.29 is 9.47 Å². The molecule has 4 heteroatoms. The molecule has 1 heterocycles. The average molecular weight is 517 g/mol. The molecule has 0 radical (unpaired) electrons. The maximum Gasteiger partial charge on any atom is 0.159 e. The van der Waals surface area contributed by atoms with Gasteiger partial charge in [-0.05, 0) is 43.2 Å². The van der Waals surface area contributed by atoms with Gasteiger partial charge in [0.25, 0.3) is 0 Å². The van der Waals surface area contributed by atoms with Crippen LogP contribution in [0, 0.1) is 0 Å². The summed E-state index contributed by atoms with van der Waals surface area (Å²) in [7, 11) is 0. The van der Waals surface area contributed by atoms with Crippen LogP contribution in [0.1, 0.15) is 104 Å². The predicted molar refractivity (Wildman–Crippen MR) is 160 cm³/mol. The van der Waals surface area contributed by atoms with E-state index in [2.05, 4.69) is 24.9 Å². The van der Waals surface area contributed by atoms with Crippen molar-refractivity contribution in [2.45, 2.75) is 104 Å². The van der Waals surface area contributed by atoms with Crippen molar-refractivity contribution in [3.05, 3.63) is 60.8 Å². The van der Waals surface area contributed by atoms with Crippen LogP contribution in [0.4, 0.5) is 0 Å². The number of hydrogen-bond donors (Lipinski definition) is 0. The third kappa shape index (κ3) is 10.8. The molecular formula is C34H48N2O2. The average Bonchev–Trinajstić information content (AvgIpc) is 2.96. The molecule has 0 saturated heterocycles. The highest BCUT2D eigenvalue weighted by Crippen LogP contribution is 2.30. The zero-order valence-corrected chi connectivity index (χ0v) is 23.8. The molecule has 0 aliphatic heterocycles. The van der Waals surface area contributed by atoms with Gasteiger partial charge in [0.05, 0.1) is 18.9 Å². The molecule has 0 aliphatic carbocycles. The summed E-state index contributed by atoms with van der Waals surface area (Å²) in [6.07, 6.45) is 19.7. The van der Waals surface area contributed by atoms with Crippen molar-refractivity contribution in [1.82, 2.24) is 9.97 Å². The highest BCUT2D eigenvalue weighted by molar-refractivity contribution is 5.69. The van der Waals surface area contributed by atoms with E-state index in [-0.39, 0.29) is 0 Å². The van der Waals surface area contributed by atoms with E-state index in [1.807, 2.05) is 54.7 Å². The van der Waals surface area contributed by atoms with E-state index in [9.17, 15) is 0 Å². The lowest BCUT2D eigenvalue weighted by Gasteiger charge is -2.12. The van der Waals surface area contributed by atoms with Gasteiger partial charge < -0.3 is 9.47 Å². The van der Waals surface area contributed by atoms with E-state index in [0.29, 0.717) is 5.82 Å². The van der Waals surface area contributed by atoms with Gasteiger partial charge in [0.15, 0.2) is 5.82 Å². The van der Waals surface area contributed by atoms with Crippen molar-refractivity contribution in [3.8, 4) is 34.1 Å². The molecule has 0 spiro atoms. The maximum atomic E-state index is 6.18. The zero-order chi connectivity index (χ0) is 26.7. The Morgan fingerprint density at radius 3 is 1.95 bits per heavy atom. The minimum absolute atomic E-state index is 0.700. The fraction of sp³-hybridized carbons (Fsp3) is 0.529. The van der Waals surface area contributed by atoms with E-state index in [1.165, 1.54) is 77.0 Å². The quantitative estimate of drug-likeness (QED) is 0.140. The molecule has 0 unspecified atom stereocenters. The van der Waals surface area contributed by atoms with Gasteiger partial charge in [-0.25, -0.2) is 9.97 Å². The summed E-state index contributed by atoms with van der Waals surface area (Å²) in [4.78, 5) is 9.46. The largest absolute Gasteiger partial charge is 0.494 e. The van der Waals surface area contributed by atoms with Crippen LogP contribution in [0.2, 0.25) is 0 Å². The number of para-hydroxylation sites is 1. The molecule has 38 heavy (non-hydrogen) atoms. The Bertz CT molecular complexity index is 1040. The first kappa shape index (κ1) is 29.7. The van der Waals surface area contributed by atoms with Gasteiger partial charge >= 0.3 is 0 Å². The van der Waals surface area contributed by atoms with E-state index in [0.717, 1.165) is 54.4 Å². The number of hydrogen-bond acceptors (Lipinski definition) is 4. The molecule has 3 aromatic rings. The highest BCUT2D eigenvalue weighted by Gasteiger charge is 2.10. The lowest BCUT2D eigenvalue weighted by Crippen LogP contribution is -2.00. The van der Waals surface area contributed by atoms with Gasteiger partial charge in [-0.3, -0.25) is 0 Å². The minimum atomic E-state index is 0.700. The zero-order valence-electron chi connectivity index (χ0n) is 23.8. The number of rotatable bonds is 20. The molecule has 2 aromatic carbocycles. The maximum absolute atomic E-state index is 6.18. The second kappa shape index (κ2) is 18.4. The summed E-state index contributed by atoms with van der Waals surface area (Å²) >= 11 is 0. The van der Waals surface area contributed by atoms with E-state index >= 15 is 0 Å². The van der Waals surface area contributed by atoms with E-state index in [1.54, 1.807) is 0 Å². The standard InChI is InChI=1S/C34H48N2O2/c1-3-5-7-9-11-12-14-17-26-37-30-21-19-20-29(28-30)34-35-25-24-32(36-34)31-22-15-16-23-33(31)38-27-18-13-10-8-6-4-2/h15-16,19-25,28H,3-14,17-18,26-27H2,1-2H3. The topological polar surface area (TPSA) is 44.2 Å². The summed E-state index contributed by atoms with van der Waals surface area (Å²) in [5.41, 5.74) is 2.84. The van der Waals surface area contributed by atoms with Crippen molar-refractivity contribution in [1.29, 1.82) is 0 Å². The summed E-state index contributed by atoms with van der Waals surface area (Å²) in [6.45, 7) is 6.01. The van der Waals surface area contributed by atoms with Crippen molar-refractivity contribution in [2.75, 3.05) is 13.2 Å². The van der Waals surface area contributed by atoms with Crippen LogP contribution in [-0.4, -0.2) is 23.2 Å². The van der Waals surface area contributed by atoms with Crippen LogP contribution in [0.15, 0.2) is 60.8 Å². The Morgan fingerprint density at radius 2 is 1.24 bits per heavy atom. The van der Waals surface area contributed by atoms with Gasteiger partial charge in [0.2, 0.25) is 0 Å². The van der Waals surface area contributed by atoms with Crippen LogP contribution in [-0.2, 0) is 0 Å². The Labute approximate surface area is 231 Å². The smallest absolute Gasteiger partial charge is 0.159 e. The predicted octanol–water partition coefficient (Wildman–Crippen LogP) is 10.1. The first-order valence-corrected chi connectivity index (χ1v) is 15.1. The van der Waals surface area contributed by atoms with Gasteiger partial charge in [-0.15, -0.1) is 0 Å². The summed E-state index contributed by atoms with van der Waals surface area (Å²) < 4.78 is 12.2. The Kier molecular flexibility index (Phi) is 14.4. The second-order valence-corrected chi connectivity index (χ2v) is 10.2. The Morgan fingerprint density at radius 1 is 0.605 bits per heavy atom. The molecule has 0 fully saturated rings. The van der Waals surface area contributed by atoms with E-state index < -0.39 is 0 Å². The fourth-order valence-electron chi connectivity index (χ4n) is 4.67. The first-order valence-electron chi connectivity index (χ1n) is 15.1. The normalized spacial score (nSPS) is 11.0. The first-order chi connectivity index (χ1) is 18.8.